The van der Waals surface area contributed by atoms with Gasteiger partial charge in [-0.3, -0.25) is 4.79 Å². The summed E-state index contributed by atoms with van der Waals surface area (Å²) in [5, 5.41) is 15.6. The predicted molar refractivity (Wildman–Crippen MR) is 97.0 cm³/mol. The molecule has 10 heteroatoms. The maximum Gasteiger partial charge on any atom is 0.271 e. The molecular weight excluding hydrogens is 356 g/mol. The van der Waals surface area contributed by atoms with E-state index in [1.54, 1.807) is 29.9 Å². The van der Waals surface area contributed by atoms with Crippen LogP contribution in [0.15, 0.2) is 35.4 Å². The molecule has 3 aromatic rings. The third kappa shape index (κ3) is 3.10. The molecule has 0 aliphatic heterocycles. The summed E-state index contributed by atoms with van der Waals surface area (Å²) in [6.45, 7) is 4.09. The minimum atomic E-state index is -3.42. The molecule has 0 bridgehead atoms. The number of anilines is 2. The molecule has 0 unspecified atom stereocenters. The number of rotatable bonds is 6. The fourth-order valence-corrected chi connectivity index (χ4v) is 3.47. The summed E-state index contributed by atoms with van der Waals surface area (Å²) in [6, 6.07) is 6.23. The highest BCUT2D eigenvalue weighted by atomic mass is 32.2. The van der Waals surface area contributed by atoms with Crippen LogP contribution < -0.4 is 11.1 Å². The van der Waals surface area contributed by atoms with Crippen LogP contribution >= 0.6 is 0 Å². The van der Waals surface area contributed by atoms with Crippen molar-refractivity contribution in [1.29, 1.82) is 0 Å². The maximum absolute atomic E-state index is 12.2. The van der Waals surface area contributed by atoms with Gasteiger partial charge in [0.2, 0.25) is 0 Å². The first-order valence-corrected chi connectivity index (χ1v) is 9.64. The van der Waals surface area contributed by atoms with E-state index in [0.29, 0.717) is 29.0 Å². The second-order valence-corrected chi connectivity index (χ2v) is 7.81. The van der Waals surface area contributed by atoms with Crippen LogP contribution in [0.3, 0.4) is 0 Å². The Morgan fingerprint density at radius 2 is 2.00 bits per heavy atom. The molecule has 0 spiro atoms. The number of nitrogens with zero attached hydrogens (tertiary/aromatic N) is 4. The summed E-state index contributed by atoms with van der Waals surface area (Å²) in [5.74, 6) is -0.188. The van der Waals surface area contributed by atoms with Gasteiger partial charge < -0.3 is 11.1 Å². The highest BCUT2D eigenvalue weighted by Crippen LogP contribution is 2.30. The lowest BCUT2D eigenvalue weighted by Crippen LogP contribution is -2.17. The molecule has 0 atom stereocenters. The van der Waals surface area contributed by atoms with E-state index in [1.807, 2.05) is 6.92 Å². The largest absolute Gasteiger partial charge is 0.364 e. The van der Waals surface area contributed by atoms with Gasteiger partial charge in [-0.15, -0.1) is 10.2 Å². The average Bonchev–Trinajstić information content (AvgIpc) is 3.08. The van der Waals surface area contributed by atoms with Gasteiger partial charge in [0.25, 0.3) is 5.91 Å². The summed E-state index contributed by atoms with van der Waals surface area (Å²) in [6.07, 6.45) is 1.61. The Kier molecular flexibility index (Phi) is 4.60. The maximum atomic E-state index is 12.2. The molecule has 9 nitrogen and oxygen atoms in total. The van der Waals surface area contributed by atoms with Crippen molar-refractivity contribution >= 4 is 38.2 Å². The Hall–Kier alpha value is -3.01. The highest BCUT2D eigenvalue weighted by Gasteiger charge is 2.19. The Balaban J connectivity index is 2.27. The topological polar surface area (TPSA) is 133 Å². The van der Waals surface area contributed by atoms with E-state index in [1.165, 1.54) is 12.1 Å². The van der Waals surface area contributed by atoms with Gasteiger partial charge in [-0.1, -0.05) is 6.92 Å². The number of carbonyl (C=O) groups is 1. The van der Waals surface area contributed by atoms with E-state index in [2.05, 4.69) is 20.6 Å². The van der Waals surface area contributed by atoms with Crippen LogP contribution in [-0.2, 0) is 16.4 Å². The molecule has 1 amide bonds. The van der Waals surface area contributed by atoms with Gasteiger partial charge in [0.1, 0.15) is 5.82 Å². The average molecular weight is 374 g/mol. The number of hydrogen-bond donors (Lipinski definition) is 2. The third-order valence-corrected chi connectivity index (χ3v) is 5.71. The van der Waals surface area contributed by atoms with Gasteiger partial charge in [0.15, 0.2) is 15.5 Å². The first-order valence-electron chi connectivity index (χ1n) is 7.99. The van der Waals surface area contributed by atoms with Crippen molar-refractivity contribution in [2.75, 3.05) is 11.1 Å². The van der Waals surface area contributed by atoms with Crippen molar-refractivity contribution in [1.82, 2.24) is 20.0 Å². The molecule has 2 aromatic heterocycles. The normalized spacial score (nSPS) is 11.6. The summed E-state index contributed by atoms with van der Waals surface area (Å²) in [7, 11) is -3.42. The first kappa shape index (κ1) is 17.8. The smallest absolute Gasteiger partial charge is 0.271 e. The van der Waals surface area contributed by atoms with E-state index < -0.39 is 15.7 Å². The number of aryl methyl sites for hydroxylation is 1. The Morgan fingerprint density at radius 3 is 2.65 bits per heavy atom. The van der Waals surface area contributed by atoms with Gasteiger partial charge >= 0.3 is 0 Å². The van der Waals surface area contributed by atoms with Crippen LogP contribution in [0, 0.1) is 0 Å². The number of nitrogens with two attached hydrogens (primary N) is 1. The van der Waals surface area contributed by atoms with Crippen LogP contribution in [0.4, 0.5) is 11.5 Å². The lowest BCUT2D eigenvalue weighted by atomic mass is 10.1. The molecule has 0 aliphatic carbocycles. The van der Waals surface area contributed by atoms with Crippen molar-refractivity contribution in [3.8, 4) is 0 Å². The predicted octanol–water partition coefficient (Wildman–Crippen LogP) is 1.48. The standard InChI is InChI=1S/C16H18N6O3S/c1-3-22-13(7-8-18-22)19-14-11-9-10(26(24,25)4-2)5-6-12(11)20-21-15(14)16(17)23/h5-9H,3-4H2,1-2H3,(H2,17,23)(H,19,20). The van der Waals surface area contributed by atoms with Gasteiger partial charge in [0, 0.05) is 18.0 Å². The highest BCUT2D eigenvalue weighted by molar-refractivity contribution is 7.91. The molecule has 0 aliphatic rings. The quantitative estimate of drug-likeness (QED) is 0.667. The van der Waals surface area contributed by atoms with Crippen LogP contribution in [-0.4, -0.2) is 40.1 Å². The SMILES string of the molecule is CCn1nccc1Nc1c(C(N)=O)nnc2ccc(S(=O)(=O)CC)cc12. The van der Waals surface area contributed by atoms with E-state index in [-0.39, 0.29) is 16.3 Å². The number of carbonyl (C=O) groups excluding carboxylic acids is 1. The van der Waals surface area contributed by atoms with E-state index >= 15 is 0 Å². The number of fused-ring (bicyclic) bond motifs is 1. The van der Waals surface area contributed by atoms with E-state index in [4.69, 9.17) is 5.73 Å². The monoisotopic (exact) mass is 374 g/mol. The van der Waals surface area contributed by atoms with Gasteiger partial charge in [-0.05, 0) is 25.1 Å². The Morgan fingerprint density at radius 1 is 1.23 bits per heavy atom. The first-order chi connectivity index (χ1) is 12.4. The molecule has 0 saturated heterocycles. The van der Waals surface area contributed by atoms with Crippen LogP contribution in [0.25, 0.3) is 10.9 Å². The lowest BCUT2D eigenvalue weighted by molar-refractivity contribution is 0.0995. The molecule has 3 N–H and O–H groups in total. The molecule has 2 heterocycles. The minimum absolute atomic E-state index is 0.0366. The summed E-state index contributed by atoms with van der Waals surface area (Å²) < 4.78 is 26.1. The summed E-state index contributed by atoms with van der Waals surface area (Å²) >= 11 is 0. The van der Waals surface area contributed by atoms with Crippen LogP contribution in [0.1, 0.15) is 24.3 Å². The summed E-state index contributed by atoms with van der Waals surface area (Å²) in [5.41, 5.74) is 6.09. The molecular formula is C16H18N6O3S. The van der Waals surface area contributed by atoms with Crippen molar-refractivity contribution in [2.24, 2.45) is 5.73 Å². The number of amides is 1. The molecule has 3 rings (SSSR count). The molecule has 1 aromatic carbocycles. The number of sulfone groups is 1. The van der Waals surface area contributed by atoms with E-state index in [9.17, 15) is 13.2 Å². The van der Waals surface area contributed by atoms with E-state index in [0.717, 1.165) is 0 Å². The zero-order valence-electron chi connectivity index (χ0n) is 14.3. The number of primary amides is 1. The Bertz CT molecular complexity index is 1090. The van der Waals surface area contributed by atoms with Crippen molar-refractivity contribution in [2.45, 2.75) is 25.3 Å². The minimum Gasteiger partial charge on any atom is -0.364 e. The second-order valence-electron chi connectivity index (χ2n) is 5.53. The van der Waals surface area contributed by atoms with Crippen molar-refractivity contribution in [3.63, 3.8) is 0 Å². The second kappa shape index (κ2) is 6.71. The van der Waals surface area contributed by atoms with Crippen LogP contribution in [0.2, 0.25) is 0 Å². The number of hydrogen-bond acceptors (Lipinski definition) is 7. The molecule has 0 fully saturated rings. The van der Waals surface area contributed by atoms with Crippen molar-refractivity contribution in [3.05, 3.63) is 36.2 Å². The number of benzene rings is 1. The summed E-state index contributed by atoms with van der Waals surface area (Å²) in [4.78, 5) is 12.0. The lowest BCUT2D eigenvalue weighted by Gasteiger charge is -2.13. The van der Waals surface area contributed by atoms with Gasteiger partial charge in [0.05, 0.1) is 28.0 Å². The zero-order chi connectivity index (χ0) is 18.9. The zero-order valence-corrected chi connectivity index (χ0v) is 15.1. The van der Waals surface area contributed by atoms with Gasteiger partial charge in [-0.25, -0.2) is 13.1 Å². The van der Waals surface area contributed by atoms with Crippen molar-refractivity contribution < 1.29 is 13.2 Å². The fraction of sp³-hybridized carbons (Fsp3) is 0.250. The fourth-order valence-electron chi connectivity index (χ4n) is 2.56. The molecule has 0 radical (unpaired) electrons. The molecule has 0 saturated carbocycles. The van der Waals surface area contributed by atoms with Crippen LogP contribution in [0.5, 0.6) is 0 Å². The number of aromatic nitrogens is 4. The Labute approximate surface area is 150 Å². The number of nitrogens with one attached hydrogen (secondary N) is 1. The molecule has 136 valence electrons. The third-order valence-electron chi connectivity index (χ3n) is 3.97. The van der Waals surface area contributed by atoms with Gasteiger partial charge in [-0.2, -0.15) is 5.10 Å². The molecule has 26 heavy (non-hydrogen) atoms.